The van der Waals surface area contributed by atoms with Crippen molar-refractivity contribution in [2.45, 2.75) is 50.2 Å². The van der Waals surface area contributed by atoms with Gasteiger partial charge in [0.1, 0.15) is 23.8 Å². The van der Waals surface area contributed by atoms with Gasteiger partial charge in [0.25, 0.3) is 11.8 Å². The molecular weight excluding hydrogens is 382 g/mol. The quantitative estimate of drug-likeness (QED) is 0.791. The number of fused-ring (bicyclic) bond motifs is 1. The second-order valence-corrected chi connectivity index (χ2v) is 8.08. The highest BCUT2D eigenvalue weighted by molar-refractivity contribution is 6.31. The van der Waals surface area contributed by atoms with Crippen molar-refractivity contribution in [1.82, 2.24) is 5.32 Å². The van der Waals surface area contributed by atoms with Gasteiger partial charge in [0.15, 0.2) is 11.4 Å². The van der Waals surface area contributed by atoms with Crippen LogP contribution in [0.15, 0.2) is 12.1 Å². The van der Waals surface area contributed by atoms with Gasteiger partial charge in [-0.1, -0.05) is 11.6 Å². The van der Waals surface area contributed by atoms with Crippen molar-refractivity contribution in [3.8, 4) is 0 Å². The number of anilines is 1. The van der Waals surface area contributed by atoms with Crippen LogP contribution >= 0.6 is 11.6 Å². The summed E-state index contributed by atoms with van der Waals surface area (Å²) in [6, 6.07) is 0.597. The monoisotopic (exact) mass is 400 g/mol. The molecule has 3 fully saturated rings. The van der Waals surface area contributed by atoms with E-state index < -0.39 is 47.0 Å². The maximum absolute atomic E-state index is 14.2. The fourth-order valence-corrected chi connectivity index (χ4v) is 4.16. The fourth-order valence-electron chi connectivity index (χ4n) is 4.00. The van der Waals surface area contributed by atoms with E-state index in [9.17, 15) is 18.4 Å². The first-order valence-electron chi connectivity index (χ1n) is 8.68. The molecule has 1 aromatic rings. The first-order chi connectivity index (χ1) is 12.6. The molecule has 146 valence electrons. The maximum atomic E-state index is 14.2. The van der Waals surface area contributed by atoms with Crippen LogP contribution in [0.25, 0.3) is 0 Å². The summed E-state index contributed by atoms with van der Waals surface area (Å²) in [6.07, 6.45) is 0.784. The molecule has 0 spiro atoms. The molecule has 3 aliphatic rings. The lowest BCUT2D eigenvalue weighted by atomic mass is 9.90. The molecule has 4 rings (SSSR count). The highest BCUT2D eigenvalue weighted by Crippen LogP contribution is 2.54. The number of carbonyl (C=O) groups is 2. The normalized spacial score (nSPS) is 31.6. The van der Waals surface area contributed by atoms with Gasteiger partial charge < -0.3 is 19.7 Å². The van der Waals surface area contributed by atoms with Crippen LogP contribution in [-0.2, 0) is 19.1 Å². The smallest absolute Gasteiger partial charge is 0.256 e. The summed E-state index contributed by atoms with van der Waals surface area (Å²) in [6.45, 7) is 3.38. The summed E-state index contributed by atoms with van der Waals surface area (Å²) >= 11 is 5.72. The number of amides is 2. The lowest BCUT2D eigenvalue weighted by molar-refractivity contribution is -0.181. The predicted molar refractivity (Wildman–Crippen MR) is 92.2 cm³/mol. The summed E-state index contributed by atoms with van der Waals surface area (Å²) in [7, 11) is 1.33. The van der Waals surface area contributed by atoms with Gasteiger partial charge in [-0.2, -0.15) is 0 Å². The molecule has 2 saturated heterocycles. The van der Waals surface area contributed by atoms with Crippen LogP contribution in [0.4, 0.5) is 14.5 Å². The highest BCUT2D eigenvalue weighted by Gasteiger charge is 2.71. The Kier molecular flexibility index (Phi) is 4.04. The fraction of sp³-hybridized carbons (Fsp3) is 0.556. The van der Waals surface area contributed by atoms with Gasteiger partial charge in [-0.25, -0.2) is 8.78 Å². The maximum Gasteiger partial charge on any atom is 0.256 e. The van der Waals surface area contributed by atoms with Crippen LogP contribution in [0.2, 0.25) is 5.02 Å². The molecule has 1 aliphatic carbocycles. The van der Waals surface area contributed by atoms with E-state index in [0.29, 0.717) is 6.07 Å². The Labute approximate surface area is 159 Å². The first-order valence-corrected chi connectivity index (χ1v) is 9.05. The van der Waals surface area contributed by atoms with Crippen molar-refractivity contribution in [3.05, 3.63) is 28.8 Å². The zero-order valence-corrected chi connectivity index (χ0v) is 15.8. The average Bonchev–Trinajstić information content (AvgIpc) is 3.34. The predicted octanol–water partition coefficient (Wildman–Crippen LogP) is 2.38. The Balaban J connectivity index is 1.66. The molecule has 1 aromatic carbocycles. The molecule has 27 heavy (non-hydrogen) atoms. The van der Waals surface area contributed by atoms with Crippen molar-refractivity contribution in [1.29, 1.82) is 0 Å². The average molecular weight is 401 g/mol. The van der Waals surface area contributed by atoms with Crippen molar-refractivity contribution >= 4 is 29.1 Å². The summed E-state index contributed by atoms with van der Waals surface area (Å²) < 4.78 is 39.5. The van der Waals surface area contributed by atoms with E-state index in [2.05, 4.69) is 5.32 Å². The number of ether oxygens (including phenoxy) is 2. The van der Waals surface area contributed by atoms with Crippen LogP contribution in [0.3, 0.4) is 0 Å². The van der Waals surface area contributed by atoms with E-state index in [1.54, 1.807) is 13.8 Å². The topological polar surface area (TPSA) is 67.9 Å². The lowest BCUT2D eigenvalue weighted by Crippen LogP contribution is -2.50. The van der Waals surface area contributed by atoms with Crippen molar-refractivity contribution in [2.75, 3.05) is 11.9 Å². The van der Waals surface area contributed by atoms with Gasteiger partial charge >= 0.3 is 0 Å². The Morgan fingerprint density at radius 1 is 1.30 bits per heavy atom. The Morgan fingerprint density at radius 3 is 2.59 bits per heavy atom. The lowest BCUT2D eigenvalue weighted by Gasteiger charge is -2.26. The van der Waals surface area contributed by atoms with E-state index in [4.69, 9.17) is 21.1 Å². The SMILES string of the molecule is CN(C(=O)[C@H]1NC(=O)[C@@]2(C3CC3)OC(C)(C)O[C@@H]12)c1cc(Cl)c(F)cc1F. The zero-order valence-electron chi connectivity index (χ0n) is 15.0. The van der Waals surface area contributed by atoms with Gasteiger partial charge in [0.05, 0.1) is 10.7 Å². The van der Waals surface area contributed by atoms with Crippen LogP contribution in [0.5, 0.6) is 0 Å². The molecule has 6 nitrogen and oxygen atoms in total. The van der Waals surface area contributed by atoms with Gasteiger partial charge in [-0.05, 0) is 38.7 Å². The van der Waals surface area contributed by atoms with Gasteiger partial charge in [0.2, 0.25) is 0 Å². The molecule has 1 saturated carbocycles. The van der Waals surface area contributed by atoms with Crippen LogP contribution in [0.1, 0.15) is 26.7 Å². The summed E-state index contributed by atoms with van der Waals surface area (Å²) in [5, 5.41) is 2.33. The van der Waals surface area contributed by atoms with Crippen LogP contribution in [-0.4, -0.2) is 42.4 Å². The number of nitrogens with zero attached hydrogens (tertiary/aromatic N) is 1. The third-order valence-corrected chi connectivity index (χ3v) is 5.61. The van der Waals surface area contributed by atoms with E-state index >= 15 is 0 Å². The summed E-state index contributed by atoms with van der Waals surface area (Å²) in [5.74, 6) is -3.90. The number of rotatable bonds is 3. The molecule has 2 amide bonds. The molecule has 1 N–H and O–H groups in total. The third-order valence-electron chi connectivity index (χ3n) is 5.32. The van der Waals surface area contributed by atoms with Gasteiger partial charge in [-0.3, -0.25) is 9.59 Å². The Hall–Kier alpha value is -1.77. The van der Waals surface area contributed by atoms with Crippen LogP contribution in [0, 0.1) is 17.6 Å². The number of benzene rings is 1. The van der Waals surface area contributed by atoms with Crippen molar-refractivity contribution in [2.24, 2.45) is 5.92 Å². The van der Waals surface area contributed by atoms with E-state index in [1.807, 2.05) is 0 Å². The minimum atomic E-state index is -1.22. The number of nitrogens with one attached hydrogen (secondary N) is 1. The number of halogens is 3. The minimum Gasteiger partial charge on any atom is -0.341 e. The molecule has 0 radical (unpaired) electrons. The number of likely N-dealkylation sites (N-methyl/N-ethyl adjacent to an activating group) is 1. The highest BCUT2D eigenvalue weighted by atomic mass is 35.5. The Bertz CT molecular complexity index is 845. The zero-order chi connectivity index (χ0) is 19.7. The second kappa shape index (κ2) is 5.86. The summed E-state index contributed by atoms with van der Waals surface area (Å²) in [4.78, 5) is 26.8. The minimum absolute atomic E-state index is 0.0237. The van der Waals surface area contributed by atoms with E-state index in [1.165, 1.54) is 7.05 Å². The van der Waals surface area contributed by atoms with E-state index in [-0.39, 0.29) is 16.6 Å². The largest absolute Gasteiger partial charge is 0.341 e. The Morgan fingerprint density at radius 2 is 1.96 bits per heavy atom. The molecule has 3 atom stereocenters. The molecule has 2 heterocycles. The summed E-state index contributed by atoms with van der Waals surface area (Å²) in [5.41, 5.74) is -1.41. The molecule has 9 heteroatoms. The van der Waals surface area contributed by atoms with Crippen LogP contribution < -0.4 is 10.2 Å². The molecule has 2 aliphatic heterocycles. The molecular formula is C18H19ClF2N2O4. The molecule has 0 unspecified atom stereocenters. The second-order valence-electron chi connectivity index (χ2n) is 7.67. The molecule has 0 aromatic heterocycles. The van der Waals surface area contributed by atoms with Crippen molar-refractivity contribution < 1.29 is 27.8 Å². The third kappa shape index (κ3) is 2.73. The van der Waals surface area contributed by atoms with E-state index in [0.717, 1.165) is 23.8 Å². The number of hydrogen-bond acceptors (Lipinski definition) is 4. The van der Waals surface area contributed by atoms with Gasteiger partial charge in [-0.15, -0.1) is 0 Å². The number of carbonyl (C=O) groups excluding carboxylic acids is 2. The first kappa shape index (κ1) is 18.6. The standard InChI is InChI=1S/C18H19ClF2N2O4/c1-17(2)26-14-13(22-16(25)18(14,27-17)8-4-5-8)15(24)23(3)12-6-9(19)10(20)7-11(12)21/h6-8,13-14H,4-5H2,1-3H3,(H,22,25)/t13-,14-,18-/m0/s1. The van der Waals surface area contributed by atoms with Crippen molar-refractivity contribution in [3.63, 3.8) is 0 Å². The van der Waals surface area contributed by atoms with Gasteiger partial charge in [0, 0.05) is 13.1 Å². The number of hydrogen-bond donors (Lipinski definition) is 1. The molecule has 0 bridgehead atoms.